The Kier molecular flexibility index (Phi) is 6.32. The molecule has 3 aliphatic heterocycles. The second-order valence-electron chi connectivity index (χ2n) is 9.64. The fraction of sp³-hybridized carbons (Fsp3) is 0.462. The van der Waals surface area contributed by atoms with E-state index in [0.717, 1.165) is 56.0 Å². The number of piperidine rings is 2. The second kappa shape index (κ2) is 9.54. The van der Waals surface area contributed by atoms with Gasteiger partial charge in [0.1, 0.15) is 6.04 Å². The van der Waals surface area contributed by atoms with Crippen molar-refractivity contribution in [2.45, 2.75) is 51.7 Å². The molecule has 1 aromatic heterocycles. The van der Waals surface area contributed by atoms with Crippen molar-refractivity contribution in [3.8, 4) is 0 Å². The molecule has 1 atom stereocenters. The Hall–Kier alpha value is -3.26. The monoisotopic (exact) mass is 461 g/mol. The summed E-state index contributed by atoms with van der Waals surface area (Å²) in [7, 11) is 0. The Balaban J connectivity index is 1.16. The minimum absolute atomic E-state index is 0.132. The molecule has 2 fully saturated rings. The summed E-state index contributed by atoms with van der Waals surface area (Å²) in [5.41, 5.74) is 4.86. The summed E-state index contributed by atoms with van der Waals surface area (Å²) in [4.78, 5) is 45.3. The van der Waals surface area contributed by atoms with E-state index in [4.69, 9.17) is 0 Å². The van der Waals surface area contributed by atoms with Crippen molar-refractivity contribution in [2.24, 2.45) is 5.92 Å². The molecule has 1 unspecified atom stereocenters. The number of hydrogen-bond acceptors (Lipinski definition) is 6. The van der Waals surface area contributed by atoms with E-state index < -0.39 is 6.04 Å². The first kappa shape index (κ1) is 22.5. The minimum Gasteiger partial charge on any atom is -0.384 e. The number of rotatable bonds is 6. The molecule has 178 valence electrons. The number of carbonyl (C=O) groups excluding carboxylic acids is 3. The van der Waals surface area contributed by atoms with Crippen molar-refractivity contribution < 1.29 is 14.4 Å². The van der Waals surface area contributed by atoms with Crippen molar-refractivity contribution in [1.29, 1.82) is 0 Å². The minimum atomic E-state index is -0.585. The molecular formula is C26H31N5O3. The largest absolute Gasteiger partial charge is 0.384 e. The Morgan fingerprint density at radius 3 is 2.65 bits per heavy atom. The number of pyridine rings is 1. The van der Waals surface area contributed by atoms with E-state index in [1.54, 1.807) is 4.90 Å². The number of likely N-dealkylation sites (tertiary alicyclic amines) is 1. The summed E-state index contributed by atoms with van der Waals surface area (Å²) >= 11 is 0. The van der Waals surface area contributed by atoms with Gasteiger partial charge in [0.05, 0.1) is 0 Å². The zero-order valence-corrected chi connectivity index (χ0v) is 19.5. The van der Waals surface area contributed by atoms with Crippen molar-refractivity contribution in [3.63, 3.8) is 0 Å². The van der Waals surface area contributed by atoms with Gasteiger partial charge in [-0.15, -0.1) is 0 Å². The van der Waals surface area contributed by atoms with Crippen LogP contribution in [0.5, 0.6) is 0 Å². The van der Waals surface area contributed by atoms with E-state index in [-0.39, 0.29) is 24.1 Å². The van der Waals surface area contributed by atoms with Gasteiger partial charge in [-0.1, -0.05) is 12.1 Å². The predicted octanol–water partition coefficient (Wildman–Crippen LogP) is 2.48. The van der Waals surface area contributed by atoms with E-state index in [9.17, 15) is 14.4 Å². The van der Waals surface area contributed by atoms with Gasteiger partial charge in [-0.05, 0) is 69.0 Å². The standard InChI is InChI=1S/C26H31N5O3/c1-17-5-6-19(14-27-17)15-30-11-9-18(10-12-30)13-28-22-4-2-3-20-21(22)16-31(26(20)34)23-7-8-24(32)29-25(23)33/h2-6,14,18,23,28H,7-13,15-16H2,1H3,(H,29,32,33). The highest BCUT2D eigenvalue weighted by Gasteiger charge is 2.39. The number of benzene rings is 1. The third kappa shape index (κ3) is 4.68. The molecule has 0 aliphatic carbocycles. The number of nitrogens with one attached hydrogen (secondary N) is 2. The average molecular weight is 462 g/mol. The molecule has 0 radical (unpaired) electrons. The van der Waals surface area contributed by atoms with Gasteiger partial charge in [0.15, 0.2) is 0 Å². The lowest BCUT2D eigenvalue weighted by Gasteiger charge is -2.32. The van der Waals surface area contributed by atoms with Crippen LogP contribution in [0.15, 0.2) is 36.5 Å². The highest BCUT2D eigenvalue weighted by molar-refractivity contribution is 6.06. The van der Waals surface area contributed by atoms with Crippen molar-refractivity contribution in [1.82, 2.24) is 20.1 Å². The molecule has 8 nitrogen and oxygen atoms in total. The fourth-order valence-electron chi connectivity index (χ4n) is 5.20. The lowest BCUT2D eigenvalue weighted by Crippen LogP contribution is -2.52. The van der Waals surface area contributed by atoms with E-state index in [0.29, 0.717) is 24.4 Å². The fourth-order valence-corrected chi connectivity index (χ4v) is 5.20. The molecule has 3 amide bonds. The van der Waals surface area contributed by atoms with Crippen LogP contribution in [-0.4, -0.2) is 58.2 Å². The molecule has 0 spiro atoms. The molecule has 2 N–H and O–H groups in total. The van der Waals surface area contributed by atoms with Gasteiger partial charge < -0.3 is 10.2 Å². The first-order valence-corrected chi connectivity index (χ1v) is 12.1. The highest BCUT2D eigenvalue weighted by atomic mass is 16.2. The Bertz CT molecular complexity index is 1090. The lowest BCUT2D eigenvalue weighted by molar-refractivity contribution is -0.136. The van der Waals surface area contributed by atoms with Gasteiger partial charge in [0.2, 0.25) is 11.8 Å². The normalized spacial score (nSPS) is 21.5. The van der Waals surface area contributed by atoms with Gasteiger partial charge in [0, 0.05) is 54.8 Å². The van der Waals surface area contributed by atoms with Gasteiger partial charge in [0.25, 0.3) is 5.91 Å². The molecule has 5 rings (SSSR count). The zero-order valence-electron chi connectivity index (χ0n) is 19.5. The summed E-state index contributed by atoms with van der Waals surface area (Å²) in [6.45, 7) is 6.34. The number of carbonyl (C=O) groups is 3. The van der Waals surface area contributed by atoms with Crippen molar-refractivity contribution in [3.05, 3.63) is 58.9 Å². The number of aromatic nitrogens is 1. The van der Waals surface area contributed by atoms with Crippen LogP contribution in [0.1, 0.15) is 52.9 Å². The van der Waals surface area contributed by atoms with E-state index in [1.165, 1.54) is 5.56 Å². The van der Waals surface area contributed by atoms with Crippen LogP contribution in [0.2, 0.25) is 0 Å². The smallest absolute Gasteiger partial charge is 0.255 e. The molecule has 2 saturated heterocycles. The average Bonchev–Trinajstić information content (AvgIpc) is 3.17. The molecule has 8 heteroatoms. The van der Waals surface area contributed by atoms with Crippen LogP contribution in [0.3, 0.4) is 0 Å². The van der Waals surface area contributed by atoms with Gasteiger partial charge in [-0.2, -0.15) is 0 Å². The number of aryl methyl sites for hydroxylation is 1. The lowest BCUT2D eigenvalue weighted by atomic mass is 9.96. The van der Waals surface area contributed by atoms with Crippen molar-refractivity contribution in [2.75, 3.05) is 25.0 Å². The Morgan fingerprint density at radius 1 is 1.09 bits per heavy atom. The van der Waals surface area contributed by atoms with Crippen molar-refractivity contribution >= 4 is 23.4 Å². The molecule has 4 heterocycles. The quantitative estimate of drug-likeness (QED) is 0.642. The first-order valence-electron chi connectivity index (χ1n) is 12.1. The number of anilines is 1. The summed E-state index contributed by atoms with van der Waals surface area (Å²) in [6, 6.07) is 9.37. The molecular weight excluding hydrogens is 430 g/mol. The van der Waals surface area contributed by atoms with Crippen LogP contribution < -0.4 is 10.6 Å². The molecule has 1 aromatic carbocycles. The number of imide groups is 1. The van der Waals surface area contributed by atoms with Crippen LogP contribution >= 0.6 is 0 Å². The van der Waals surface area contributed by atoms with Crippen LogP contribution in [-0.2, 0) is 22.7 Å². The van der Waals surface area contributed by atoms with E-state index in [2.05, 4.69) is 32.7 Å². The number of fused-ring (bicyclic) bond motifs is 1. The third-order valence-electron chi connectivity index (χ3n) is 7.25. The van der Waals surface area contributed by atoms with Crippen LogP contribution in [0.4, 0.5) is 5.69 Å². The topological polar surface area (TPSA) is 94.6 Å². The Morgan fingerprint density at radius 2 is 1.91 bits per heavy atom. The summed E-state index contributed by atoms with van der Waals surface area (Å²) in [5, 5.41) is 5.95. The number of hydrogen-bond donors (Lipinski definition) is 2. The maximum Gasteiger partial charge on any atom is 0.255 e. The van der Waals surface area contributed by atoms with Gasteiger partial charge >= 0.3 is 0 Å². The maximum absolute atomic E-state index is 13.0. The number of nitrogens with zero attached hydrogens (tertiary/aromatic N) is 3. The summed E-state index contributed by atoms with van der Waals surface area (Å²) in [5.74, 6) is -0.201. The van der Waals surface area contributed by atoms with Gasteiger partial charge in [-0.25, -0.2) is 0 Å². The van der Waals surface area contributed by atoms with E-state index >= 15 is 0 Å². The molecule has 0 saturated carbocycles. The summed E-state index contributed by atoms with van der Waals surface area (Å²) in [6.07, 6.45) is 4.87. The highest BCUT2D eigenvalue weighted by Crippen LogP contribution is 2.32. The SMILES string of the molecule is Cc1ccc(CN2CCC(CNc3cccc4c3CN(C3CCC(=O)NC3=O)C4=O)CC2)cn1. The molecule has 2 aromatic rings. The Labute approximate surface area is 199 Å². The maximum atomic E-state index is 13.0. The van der Waals surface area contributed by atoms with Crippen LogP contribution in [0.25, 0.3) is 0 Å². The molecule has 3 aliphatic rings. The predicted molar refractivity (Wildman–Crippen MR) is 128 cm³/mol. The first-order chi connectivity index (χ1) is 16.5. The van der Waals surface area contributed by atoms with Gasteiger partial charge in [-0.3, -0.25) is 29.6 Å². The molecule has 0 bridgehead atoms. The zero-order chi connectivity index (χ0) is 23.7. The second-order valence-corrected chi connectivity index (χ2v) is 9.64. The third-order valence-corrected chi connectivity index (χ3v) is 7.25. The number of amides is 3. The van der Waals surface area contributed by atoms with E-state index in [1.807, 2.05) is 31.3 Å². The van der Waals surface area contributed by atoms with Crippen LogP contribution in [0, 0.1) is 12.8 Å². The summed E-state index contributed by atoms with van der Waals surface area (Å²) < 4.78 is 0. The molecule has 34 heavy (non-hydrogen) atoms.